The Morgan fingerprint density at radius 2 is 2.15 bits per heavy atom. The van der Waals surface area contributed by atoms with Gasteiger partial charge in [0.15, 0.2) is 5.69 Å². The number of nitrogens with zero attached hydrogens (tertiary/aromatic N) is 2. The van der Waals surface area contributed by atoms with E-state index in [4.69, 9.17) is 14.6 Å². The molecule has 106 valence electrons. The van der Waals surface area contributed by atoms with Crippen molar-refractivity contribution in [2.45, 2.75) is 13.5 Å². The summed E-state index contributed by atoms with van der Waals surface area (Å²) in [7, 11) is 1.55. The van der Waals surface area contributed by atoms with Crippen LogP contribution in [-0.4, -0.2) is 34.6 Å². The fraction of sp³-hybridized carbons (Fsp3) is 0.286. The summed E-state index contributed by atoms with van der Waals surface area (Å²) in [4.78, 5) is 11.1. The summed E-state index contributed by atoms with van der Waals surface area (Å²) in [6.45, 7) is 2.67. The molecule has 0 radical (unpaired) electrons. The number of rotatable bonds is 6. The van der Waals surface area contributed by atoms with Gasteiger partial charge in [0.1, 0.15) is 11.4 Å². The highest BCUT2D eigenvalue weighted by Crippen LogP contribution is 2.24. The van der Waals surface area contributed by atoms with E-state index in [2.05, 4.69) is 5.10 Å². The van der Waals surface area contributed by atoms with Crippen molar-refractivity contribution in [2.75, 3.05) is 13.7 Å². The van der Waals surface area contributed by atoms with Crippen LogP contribution in [0.1, 0.15) is 23.1 Å². The van der Waals surface area contributed by atoms with Gasteiger partial charge in [-0.25, -0.2) is 9.48 Å². The summed E-state index contributed by atoms with van der Waals surface area (Å²) in [5.74, 6) is -0.428. The quantitative estimate of drug-likeness (QED) is 0.874. The van der Waals surface area contributed by atoms with E-state index in [9.17, 15) is 4.79 Å². The zero-order chi connectivity index (χ0) is 14.5. The first-order chi connectivity index (χ1) is 9.67. The highest BCUT2D eigenvalue weighted by atomic mass is 16.5. The van der Waals surface area contributed by atoms with Crippen molar-refractivity contribution >= 4 is 5.97 Å². The molecule has 0 aliphatic heterocycles. The van der Waals surface area contributed by atoms with Crippen molar-refractivity contribution in [3.63, 3.8) is 0 Å². The highest BCUT2D eigenvalue weighted by molar-refractivity contribution is 5.85. The number of carbonyl (C=O) groups is 1. The third kappa shape index (κ3) is 2.80. The third-order valence-electron chi connectivity index (χ3n) is 2.69. The first-order valence-corrected chi connectivity index (χ1v) is 6.20. The van der Waals surface area contributed by atoms with Crippen LogP contribution >= 0.6 is 0 Å². The molecule has 2 aromatic rings. The lowest BCUT2D eigenvalue weighted by Gasteiger charge is -2.12. The predicted octanol–water partition coefficient (Wildman–Crippen LogP) is 2.12. The Bertz CT molecular complexity index is 607. The lowest BCUT2D eigenvalue weighted by molar-refractivity contribution is 0.0690. The van der Waals surface area contributed by atoms with Gasteiger partial charge in [0.25, 0.3) is 0 Å². The van der Waals surface area contributed by atoms with Gasteiger partial charge < -0.3 is 14.6 Å². The van der Waals surface area contributed by atoms with Crippen molar-refractivity contribution in [1.29, 1.82) is 0 Å². The molecule has 0 unspecified atom stereocenters. The van der Waals surface area contributed by atoms with Gasteiger partial charge >= 0.3 is 5.97 Å². The van der Waals surface area contributed by atoms with Crippen LogP contribution in [0.15, 0.2) is 30.3 Å². The zero-order valence-corrected chi connectivity index (χ0v) is 11.4. The molecule has 0 aliphatic rings. The van der Waals surface area contributed by atoms with Gasteiger partial charge in [-0.05, 0) is 25.1 Å². The monoisotopic (exact) mass is 276 g/mol. The van der Waals surface area contributed by atoms with Crippen LogP contribution in [0.5, 0.6) is 5.75 Å². The minimum atomic E-state index is -1.07. The van der Waals surface area contributed by atoms with Crippen LogP contribution in [0.2, 0.25) is 0 Å². The van der Waals surface area contributed by atoms with Gasteiger partial charge in [-0.2, -0.15) is 5.10 Å². The Labute approximate surface area is 116 Å². The highest BCUT2D eigenvalue weighted by Gasteiger charge is 2.16. The Morgan fingerprint density at radius 1 is 1.40 bits per heavy atom. The van der Waals surface area contributed by atoms with E-state index in [0.29, 0.717) is 23.7 Å². The van der Waals surface area contributed by atoms with E-state index in [-0.39, 0.29) is 12.3 Å². The number of aromatic nitrogens is 2. The van der Waals surface area contributed by atoms with E-state index in [0.717, 1.165) is 0 Å². The smallest absolute Gasteiger partial charge is 0.356 e. The number of hydrogen-bond donors (Lipinski definition) is 1. The first kappa shape index (κ1) is 14.1. The fourth-order valence-electron chi connectivity index (χ4n) is 1.89. The molecule has 1 N–H and O–H groups in total. The van der Waals surface area contributed by atoms with E-state index >= 15 is 0 Å². The van der Waals surface area contributed by atoms with Crippen LogP contribution in [0.25, 0.3) is 5.69 Å². The molecule has 0 aliphatic carbocycles. The van der Waals surface area contributed by atoms with Crippen LogP contribution in [0, 0.1) is 0 Å². The minimum Gasteiger partial charge on any atom is -0.492 e. The molecule has 1 aromatic carbocycles. The number of hydrogen-bond acceptors (Lipinski definition) is 4. The minimum absolute atomic E-state index is 0.0247. The molecule has 0 saturated carbocycles. The average molecular weight is 276 g/mol. The van der Waals surface area contributed by atoms with Gasteiger partial charge in [-0.1, -0.05) is 12.1 Å². The maximum Gasteiger partial charge on any atom is 0.356 e. The molecule has 6 nitrogen and oxygen atoms in total. The number of aromatic carboxylic acids is 1. The summed E-state index contributed by atoms with van der Waals surface area (Å²) in [6, 6.07) is 8.83. The summed E-state index contributed by atoms with van der Waals surface area (Å²) >= 11 is 0. The van der Waals surface area contributed by atoms with Crippen molar-refractivity contribution in [3.8, 4) is 11.4 Å². The lowest BCUT2D eigenvalue weighted by atomic mass is 10.3. The third-order valence-corrected chi connectivity index (χ3v) is 2.69. The lowest BCUT2D eigenvalue weighted by Crippen LogP contribution is -2.07. The largest absolute Gasteiger partial charge is 0.492 e. The number of carboxylic acids is 1. The second-order valence-corrected chi connectivity index (χ2v) is 4.07. The van der Waals surface area contributed by atoms with Gasteiger partial charge in [-0.15, -0.1) is 0 Å². The average Bonchev–Trinajstić information content (AvgIpc) is 2.84. The second-order valence-electron chi connectivity index (χ2n) is 4.07. The van der Waals surface area contributed by atoms with Crippen LogP contribution in [0.4, 0.5) is 0 Å². The summed E-state index contributed by atoms with van der Waals surface area (Å²) in [5.41, 5.74) is 1.31. The Morgan fingerprint density at radius 3 is 2.80 bits per heavy atom. The van der Waals surface area contributed by atoms with Gasteiger partial charge in [0.2, 0.25) is 0 Å². The molecule has 2 rings (SSSR count). The van der Waals surface area contributed by atoms with Gasteiger partial charge in [0, 0.05) is 7.11 Å². The van der Waals surface area contributed by atoms with E-state index in [1.54, 1.807) is 7.11 Å². The van der Waals surface area contributed by atoms with Crippen molar-refractivity contribution in [3.05, 3.63) is 41.7 Å². The molecule has 0 bridgehead atoms. The Kier molecular flexibility index (Phi) is 4.37. The van der Waals surface area contributed by atoms with Crippen LogP contribution in [0.3, 0.4) is 0 Å². The second kappa shape index (κ2) is 6.21. The molecular formula is C14H16N2O4. The molecule has 20 heavy (non-hydrogen) atoms. The molecule has 0 saturated heterocycles. The molecule has 0 spiro atoms. The topological polar surface area (TPSA) is 73.6 Å². The van der Waals surface area contributed by atoms with Gasteiger partial charge in [0.05, 0.1) is 18.9 Å². The van der Waals surface area contributed by atoms with Crippen molar-refractivity contribution < 1.29 is 19.4 Å². The predicted molar refractivity (Wildman–Crippen MR) is 72.4 cm³/mol. The number of benzene rings is 1. The molecule has 0 atom stereocenters. The molecule has 0 amide bonds. The maximum absolute atomic E-state index is 11.1. The van der Waals surface area contributed by atoms with Gasteiger partial charge in [-0.3, -0.25) is 0 Å². The Hall–Kier alpha value is -2.34. The molecule has 0 fully saturated rings. The van der Waals surface area contributed by atoms with E-state index < -0.39 is 5.97 Å². The molecule has 6 heteroatoms. The molecular weight excluding hydrogens is 260 g/mol. The standard InChI is InChI=1S/C14H16N2O4/c1-3-20-13-7-5-4-6-12(13)16-10(9-19-2)8-11(15-16)14(17)18/h4-8H,3,9H2,1-2H3,(H,17,18). The first-order valence-electron chi connectivity index (χ1n) is 6.20. The van der Waals surface area contributed by atoms with Crippen LogP contribution < -0.4 is 4.74 Å². The van der Waals surface area contributed by atoms with E-state index in [1.807, 2.05) is 31.2 Å². The number of ether oxygens (including phenoxy) is 2. The summed E-state index contributed by atoms with van der Waals surface area (Å²) < 4.78 is 12.2. The van der Waals surface area contributed by atoms with Crippen LogP contribution in [-0.2, 0) is 11.3 Å². The number of methoxy groups -OCH3 is 1. The van der Waals surface area contributed by atoms with E-state index in [1.165, 1.54) is 10.7 Å². The number of para-hydroxylation sites is 2. The van der Waals surface area contributed by atoms with Crippen molar-refractivity contribution in [2.24, 2.45) is 0 Å². The Balaban J connectivity index is 2.53. The maximum atomic E-state index is 11.1. The molecule has 1 aromatic heterocycles. The van der Waals surface area contributed by atoms with Crippen molar-refractivity contribution in [1.82, 2.24) is 9.78 Å². The fourth-order valence-corrected chi connectivity index (χ4v) is 1.89. The summed E-state index contributed by atoms with van der Waals surface area (Å²) in [6.07, 6.45) is 0. The summed E-state index contributed by atoms with van der Waals surface area (Å²) in [5, 5.41) is 13.2. The number of carboxylic acid groups (broad SMARTS) is 1. The SMILES string of the molecule is CCOc1ccccc1-n1nc(C(=O)O)cc1COC. The zero-order valence-electron chi connectivity index (χ0n) is 11.4. The molecule has 1 heterocycles. The normalized spacial score (nSPS) is 10.5.